The van der Waals surface area contributed by atoms with Crippen molar-refractivity contribution in [3.63, 3.8) is 0 Å². The number of nitrogens with zero attached hydrogens (tertiary/aromatic N) is 1. The Balaban J connectivity index is 4.15. The van der Waals surface area contributed by atoms with Gasteiger partial charge in [0.05, 0.1) is 34.4 Å². The normalized spacial score (nSPS) is 13.8. The van der Waals surface area contributed by atoms with Gasteiger partial charge in [0.25, 0.3) is 0 Å². The lowest BCUT2D eigenvalue weighted by Gasteiger charge is -2.24. The van der Waals surface area contributed by atoms with Crippen LogP contribution in [0.5, 0.6) is 0 Å². The van der Waals surface area contributed by atoms with Crippen molar-refractivity contribution < 1.29 is 37.3 Å². The van der Waals surface area contributed by atoms with E-state index in [0.29, 0.717) is 24.1 Å². The van der Waals surface area contributed by atoms with E-state index in [0.717, 1.165) is 44.9 Å². The van der Waals surface area contributed by atoms with E-state index < -0.39 is 13.9 Å². The standard InChI is InChI=1S/C49H96NO7P/c1-6-8-10-12-14-16-18-20-22-24-25-27-29-31-33-35-37-39-41-44-54-46-48(47-56-58(52,53)55-45-43-50(3,4)5)57-49(51)42-40-38-36-34-32-30-28-26-23-21-19-17-15-13-11-9-7-2/h15,17,21,23,48H,6-14,16,18-20,22,24-47H2,1-5H3/p+1/b17-15-,23-21-. The molecule has 0 saturated heterocycles. The van der Waals surface area contributed by atoms with Crippen molar-refractivity contribution in [1.82, 2.24) is 0 Å². The number of phosphoric acid groups is 1. The van der Waals surface area contributed by atoms with E-state index in [1.54, 1.807) is 0 Å². The number of allylic oxidation sites excluding steroid dienone is 4. The smallest absolute Gasteiger partial charge is 0.457 e. The second-order valence-corrected chi connectivity index (χ2v) is 19.3. The predicted molar refractivity (Wildman–Crippen MR) is 247 cm³/mol. The summed E-state index contributed by atoms with van der Waals surface area (Å²) < 4.78 is 35.1. The van der Waals surface area contributed by atoms with Crippen LogP contribution in [0.4, 0.5) is 0 Å². The lowest BCUT2D eigenvalue weighted by molar-refractivity contribution is -0.870. The molecule has 0 heterocycles. The third-order valence-electron chi connectivity index (χ3n) is 10.8. The predicted octanol–water partition coefficient (Wildman–Crippen LogP) is 14.8. The molecule has 58 heavy (non-hydrogen) atoms. The topological polar surface area (TPSA) is 91.3 Å². The minimum atomic E-state index is -4.28. The number of quaternary nitrogens is 1. The summed E-state index contributed by atoms with van der Waals surface area (Å²) in [6.07, 6.45) is 49.3. The molecule has 0 saturated carbocycles. The number of rotatable bonds is 46. The highest BCUT2D eigenvalue weighted by Gasteiger charge is 2.26. The lowest BCUT2D eigenvalue weighted by atomic mass is 10.0. The molecule has 1 N–H and O–H groups in total. The number of unbranched alkanes of at least 4 members (excludes halogenated alkanes) is 28. The molecular weight excluding hydrogens is 746 g/mol. The van der Waals surface area contributed by atoms with Crippen LogP contribution in [0.25, 0.3) is 0 Å². The van der Waals surface area contributed by atoms with Gasteiger partial charge in [0.15, 0.2) is 0 Å². The third-order valence-corrected chi connectivity index (χ3v) is 11.7. The molecule has 8 nitrogen and oxygen atoms in total. The minimum Gasteiger partial charge on any atom is -0.457 e. The zero-order chi connectivity index (χ0) is 42.7. The Labute approximate surface area is 360 Å². The van der Waals surface area contributed by atoms with Gasteiger partial charge in [-0.3, -0.25) is 13.8 Å². The summed E-state index contributed by atoms with van der Waals surface area (Å²) in [7, 11) is 1.67. The van der Waals surface area contributed by atoms with Crippen LogP contribution in [0.1, 0.15) is 226 Å². The highest BCUT2D eigenvalue weighted by molar-refractivity contribution is 7.47. The second kappa shape index (κ2) is 42.7. The van der Waals surface area contributed by atoms with E-state index >= 15 is 0 Å². The molecule has 0 amide bonds. The van der Waals surface area contributed by atoms with Gasteiger partial charge in [0.2, 0.25) is 0 Å². The molecule has 2 unspecified atom stereocenters. The van der Waals surface area contributed by atoms with Crippen LogP contribution in [0.2, 0.25) is 0 Å². The largest absolute Gasteiger partial charge is 0.472 e. The van der Waals surface area contributed by atoms with Gasteiger partial charge >= 0.3 is 13.8 Å². The van der Waals surface area contributed by atoms with E-state index in [9.17, 15) is 14.3 Å². The number of likely N-dealkylation sites (N-methyl/N-ethyl adjacent to an activating group) is 1. The number of phosphoric ester groups is 1. The van der Waals surface area contributed by atoms with Crippen LogP contribution in [0, 0.1) is 0 Å². The van der Waals surface area contributed by atoms with Crippen molar-refractivity contribution in [2.75, 3.05) is 54.1 Å². The first-order valence-corrected chi connectivity index (χ1v) is 26.1. The summed E-state index contributed by atoms with van der Waals surface area (Å²) >= 11 is 0. The van der Waals surface area contributed by atoms with Crippen molar-refractivity contribution in [3.05, 3.63) is 24.3 Å². The van der Waals surface area contributed by atoms with Gasteiger partial charge in [0, 0.05) is 13.0 Å². The molecule has 0 aromatic carbocycles. The molecule has 0 spiro atoms. The van der Waals surface area contributed by atoms with Crippen LogP contribution in [0.15, 0.2) is 24.3 Å². The molecule has 0 aliphatic heterocycles. The first-order chi connectivity index (χ1) is 28.1. The van der Waals surface area contributed by atoms with E-state index in [1.807, 2.05) is 21.1 Å². The molecule has 344 valence electrons. The molecular formula is C49H97NO7P+. The fourth-order valence-electron chi connectivity index (χ4n) is 6.94. The first kappa shape index (κ1) is 57.0. The Morgan fingerprint density at radius 3 is 1.43 bits per heavy atom. The number of carbonyl (C=O) groups is 1. The Bertz CT molecular complexity index is 983. The summed E-state index contributed by atoms with van der Waals surface area (Å²) in [5.74, 6) is -0.318. The lowest BCUT2D eigenvalue weighted by Crippen LogP contribution is -2.37. The molecule has 0 aliphatic carbocycles. The van der Waals surface area contributed by atoms with Crippen LogP contribution < -0.4 is 0 Å². The molecule has 0 aromatic rings. The van der Waals surface area contributed by atoms with E-state index in [2.05, 4.69) is 38.2 Å². The Morgan fingerprint density at radius 1 is 0.534 bits per heavy atom. The second-order valence-electron chi connectivity index (χ2n) is 17.9. The molecule has 0 radical (unpaired) electrons. The summed E-state index contributed by atoms with van der Waals surface area (Å²) in [5, 5.41) is 0. The van der Waals surface area contributed by atoms with Gasteiger partial charge in [-0.25, -0.2) is 4.57 Å². The fraction of sp³-hybridized carbons (Fsp3) is 0.898. The Morgan fingerprint density at radius 2 is 0.948 bits per heavy atom. The monoisotopic (exact) mass is 843 g/mol. The minimum absolute atomic E-state index is 0.0891. The Kier molecular flexibility index (Phi) is 41.9. The summed E-state index contributed by atoms with van der Waals surface area (Å²) in [6.45, 7) is 5.63. The van der Waals surface area contributed by atoms with Gasteiger partial charge in [-0.15, -0.1) is 0 Å². The maximum Gasteiger partial charge on any atom is 0.472 e. The molecule has 0 aliphatic rings. The third kappa shape index (κ3) is 46.1. The van der Waals surface area contributed by atoms with Crippen molar-refractivity contribution in [1.29, 1.82) is 0 Å². The van der Waals surface area contributed by atoms with Crippen molar-refractivity contribution in [2.45, 2.75) is 232 Å². The van der Waals surface area contributed by atoms with E-state index in [-0.39, 0.29) is 25.8 Å². The maximum atomic E-state index is 12.7. The number of hydrogen-bond donors (Lipinski definition) is 1. The quantitative estimate of drug-likeness (QED) is 0.0215. The number of carbonyl (C=O) groups excluding carboxylic acids is 1. The molecule has 0 fully saturated rings. The van der Waals surface area contributed by atoms with Crippen LogP contribution in [-0.2, 0) is 27.9 Å². The number of ether oxygens (including phenoxy) is 2. The zero-order valence-corrected chi connectivity index (χ0v) is 39.9. The fourth-order valence-corrected chi connectivity index (χ4v) is 7.68. The molecule has 0 aromatic heterocycles. The average molecular weight is 843 g/mol. The molecule has 2 atom stereocenters. The van der Waals surface area contributed by atoms with Gasteiger partial charge in [0.1, 0.15) is 19.3 Å². The van der Waals surface area contributed by atoms with Crippen molar-refractivity contribution >= 4 is 13.8 Å². The van der Waals surface area contributed by atoms with Crippen LogP contribution >= 0.6 is 7.82 Å². The highest BCUT2D eigenvalue weighted by Crippen LogP contribution is 2.43. The molecule has 0 bridgehead atoms. The van der Waals surface area contributed by atoms with Crippen LogP contribution in [-0.4, -0.2) is 75.6 Å². The van der Waals surface area contributed by atoms with Crippen molar-refractivity contribution in [2.24, 2.45) is 0 Å². The summed E-state index contributed by atoms with van der Waals surface area (Å²) in [6, 6.07) is 0. The Hall–Kier alpha value is -1.02. The number of hydrogen-bond acceptors (Lipinski definition) is 6. The summed E-state index contributed by atoms with van der Waals surface area (Å²) in [5.41, 5.74) is 0. The average Bonchev–Trinajstić information content (AvgIpc) is 3.18. The number of esters is 1. The van der Waals surface area contributed by atoms with Gasteiger partial charge in [-0.05, 0) is 44.9 Å². The SMILES string of the molecule is CCCCC/C=C\C/C=C\CCCCCCCCCC(=O)OC(COCCCCCCCCCCCCCCCCCCCCC)COP(=O)(O)OCC[N+](C)(C)C. The van der Waals surface area contributed by atoms with E-state index in [4.69, 9.17) is 18.5 Å². The van der Waals surface area contributed by atoms with Gasteiger partial charge < -0.3 is 18.9 Å². The maximum absolute atomic E-state index is 12.7. The molecule has 9 heteroatoms. The zero-order valence-electron chi connectivity index (χ0n) is 39.0. The first-order valence-electron chi connectivity index (χ1n) is 24.6. The van der Waals surface area contributed by atoms with Crippen LogP contribution in [0.3, 0.4) is 0 Å². The highest BCUT2D eigenvalue weighted by atomic mass is 31.2. The van der Waals surface area contributed by atoms with Gasteiger partial charge in [-0.2, -0.15) is 0 Å². The van der Waals surface area contributed by atoms with E-state index in [1.165, 1.54) is 161 Å². The van der Waals surface area contributed by atoms with Gasteiger partial charge in [-0.1, -0.05) is 199 Å². The van der Waals surface area contributed by atoms with Crippen molar-refractivity contribution in [3.8, 4) is 0 Å². The molecule has 0 rings (SSSR count). The summed E-state index contributed by atoms with van der Waals surface area (Å²) in [4.78, 5) is 23.0.